The van der Waals surface area contributed by atoms with Crippen LogP contribution in [0, 0.1) is 0 Å². The van der Waals surface area contributed by atoms with Gasteiger partial charge in [-0.1, -0.05) is 11.6 Å². The first-order chi connectivity index (χ1) is 7.67. The molecule has 1 rings (SSSR count). The largest absolute Gasteiger partial charge is 0.381 e. The van der Waals surface area contributed by atoms with Crippen molar-refractivity contribution in [1.82, 2.24) is 0 Å². The first kappa shape index (κ1) is 14.2. The summed E-state index contributed by atoms with van der Waals surface area (Å²) in [7, 11) is 0. The van der Waals surface area contributed by atoms with E-state index in [4.69, 9.17) is 17.3 Å². The predicted octanol–water partition coefficient (Wildman–Crippen LogP) is 3.59. The average Bonchev–Trinajstić information content (AvgIpc) is 2.29. The van der Waals surface area contributed by atoms with E-state index in [-0.39, 0.29) is 0 Å². The molecule has 0 bridgehead atoms. The molecule has 1 aromatic rings. The van der Waals surface area contributed by atoms with E-state index in [1.807, 2.05) is 30.0 Å². The Hall–Kier alpha value is 0.1000. The minimum absolute atomic E-state index is 0.320. The van der Waals surface area contributed by atoms with Crippen LogP contribution >= 0.6 is 39.3 Å². The first-order valence-corrected chi connectivity index (χ1v) is 7.64. The highest BCUT2D eigenvalue weighted by atomic mass is 79.9. The number of hydrogen-bond donors (Lipinski definition) is 2. The minimum Gasteiger partial charge on any atom is -0.381 e. The predicted molar refractivity (Wildman–Crippen MR) is 78.6 cm³/mol. The zero-order chi connectivity index (χ0) is 12.0. The highest BCUT2D eigenvalue weighted by molar-refractivity contribution is 9.10. The summed E-state index contributed by atoms with van der Waals surface area (Å²) in [6.07, 6.45) is 3.17. The van der Waals surface area contributed by atoms with Crippen LogP contribution in [0.1, 0.15) is 6.42 Å². The molecule has 0 aliphatic heterocycles. The molecule has 0 aromatic heterocycles. The summed E-state index contributed by atoms with van der Waals surface area (Å²) in [6, 6.07) is 6.13. The van der Waals surface area contributed by atoms with Gasteiger partial charge in [-0.05, 0) is 52.6 Å². The van der Waals surface area contributed by atoms with Gasteiger partial charge in [0, 0.05) is 22.7 Å². The number of halogens is 2. The maximum atomic E-state index is 5.93. The lowest BCUT2D eigenvalue weighted by Crippen LogP contribution is -2.29. The smallest absolute Gasteiger partial charge is 0.0549 e. The maximum Gasteiger partial charge on any atom is 0.0549 e. The summed E-state index contributed by atoms with van der Waals surface area (Å²) < 4.78 is 0.903. The van der Waals surface area contributed by atoms with E-state index in [1.54, 1.807) is 0 Å². The van der Waals surface area contributed by atoms with E-state index in [1.165, 1.54) is 0 Å². The van der Waals surface area contributed by atoms with Crippen LogP contribution in [-0.2, 0) is 0 Å². The Morgan fingerprint density at radius 2 is 2.31 bits per heavy atom. The summed E-state index contributed by atoms with van der Waals surface area (Å²) in [5, 5.41) is 4.13. The quantitative estimate of drug-likeness (QED) is 0.840. The Kier molecular flexibility index (Phi) is 6.58. The van der Waals surface area contributed by atoms with Crippen LogP contribution in [-0.4, -0.2) is 24.6 Å². The summed E-state index contributed by atoms with van der Waals surface area (Å²) in [5.74, 6) is 1.11. The van der Waals surface area contributed by atoms with Gasteiger partial charge in [0.15, 0.2) is 0 Å². The van der Waals surface area contributed by atoms with Gasteiger partial charge in [0.25, 0.3) is 0 Å². The Bertz CT molecular complexity index is 336. The van der Waals surface area contributed by atoms with Gasteiger partial charge in [-0.15, -0.1) is 0 Å². The van der Waals surface area contributed by atoms with Crippen LogP contribution in [0.3, 0.4) is 0 Å². The highest BCUT2D eigenvalue weighted by Gasteiger charge is 2.06. The van der Waals surface area contributed by atoms with Crippen LogP contribution in [0.5, 0.6) is 0 Å². The average molecular weight is 324 g/mol. The van der Waals surface area contributed by atoms with Gasteiger partial charge >= 0.3 is 0 Å². The number of nitrogens with two attached hydrogens (primary N) is 1. The third kappa shape index (κ3) is 4.53. The van der Waals surface area contributed by atoms with Crippen molar-refractivity contribution in [3.05, 3.63) is 27.7 Å². The molecule has 0 saturated heterocycles. The van der Waals surface area contributed by atoms with Gasteiger partial charge in [0.1, 0.15) is 0 Å². The third-order valence-electron chi connectivity index (χ3n) is 2.25. The van der Waals surface area contributed by atoms with E-state index in [0.29, 0.717) is 12.6 Å². The summed E-state index contributed by atoms with van der Waals surface area (Å²) in [4.78, 5) is 0. The minimum atomic E-state index is 0.320. The molecule has 0 amide bonds. The Balaban J connectivity index is 2.59. The molecule has 0 saturated carbocycles. The van der Waals surface area contributed by atoms with Gasteiger partial charge in [-0.25, -0.2) is 0 Å². The molecule has 0 radical (unpaired) electrons. The van der Waals surface area contributed by atoms with Gasteiger partial charge in [-0.3, -0.25) is 0 Å². The molecule has 2 nitrogen and oxygen atoms in total. The maximum absolute atomic E-state index is 5.93. The van der Waals surface area contributed by atoms with Crippen molar-refractivity contribution >= 4 is 45.0 Å². The summed E-state index contributed by atoms with van der Waals surface area (Å²) in [6.45, 7) is 0.640. The fraction of sp³-hybridized carbons (Fsp3) is 0.455. The van der Waals surface area contributed by atoms with Crippen LogP contribution in [0.2, 0.25) is 5.02 Å². The molecule has 0 heterocycles. The number of nitrogens with one attached hydrogen (secondary N) is 1. The molecule has 0 fully saturated rings. The highest BCUT2D eigenvalue weighted by Crippen LogP contribution is 2.26. The lowest BCUT2D eigenvalue weighted by Gasteiger charge is -2.18. The van der Waals surface area contributed by atoms with E-state index >= 15 is 0 Å². The van der Waals surface area contributed by atoms with Crippen molar-refractivity contribution in [2.24, 2.45) is 5.73 Å². The molecule has 0 aliphatic rings. The first-order valence-electron chi connectivity index (χ1n) is 5.08. The van der Waals surface area contributed by atoms with Crippen molar-refractivity contribution in [2.45, 2.75) is 12.5 Å². The number of rotatable bonds is 6. The zero-order valence-corrected chi connectivity index (χ0v) is 12.3. The standard InChI is InChI=1S/C11H16BrClN2S/c1-16-5-4-9(7-14)15-8-2-3-11(13)10(12)6-8/h2-3,6,9,15H,4-5,7,14H2,1H3. The lowest BCUT2D eigenvalue weighted by molar-refractivity contribution is 0.710. The second kappa shape index (κ2) is 7.43. The van der Waals surface area contributed by atoms with Crippen molar-refractivity contribution in [3.8, 4) is 0 Å². The molecule has 0 aliphatic carbocycles. The van der Waals surface area contributed by atoms with Crippen LogP contribution < -0.4 is 11.1 Å². The number of hydrogen-bond acceptors (Lipinski definition) is 3. The fourth-order valence-corrected chi connectivity index (χ4v) is 2.35. The molecule has 1 unspecified atom stereocenters. The molecule has 1 atom stereocenters. The summed E-state index contributed by atoms with van der Waals surface area (Å²) in [5.41, 5.74) is 6.77. The number of benzene rings is 1. The van der Waals surface area contributed by atoms with Crippen LogP contribution in [0.25, 0.3) is 0 Å². The molecule has 16 heavy (non-hydrogen) atoms. The monoisotopic (exact) mass is 322 g/mol. The molecule has 3 N–H and O–H groups in total. The molecule has 90 valence electrons. The molecular formula is C11H16BrClN2S. The van der Waals surface area contributed by atoms with Crippen LogP contribution in [0.4, 0.5) is 5.69 Å². The van der Waals surface area contributed by atoms with E-state index in [2.05, 4.69) is 27.5 Å². The van der Waals surface area contributed by atoms with Crippen molar-refractivity contribution in [2.75, 3.05) is 23.9 Å². The SMILES string of the molecule is CSCCC(CN)Nc1ccc(Cl)c(Br)c1. The van der Waals surface area contributed by atoms with Crippen LogP contribution in [0.15, 0.2) is 22.7 Å². The van der Waals surface area contributed by atoms with Gasteiger partial charge in [0.2, 0.25) is 0 Å². The summed E-state index contributed by atoms with van der Waals surface area (Å²) >= 11 is 11.2. The Labute approximate surface area is 114 Å². The molecule has 5 heteroatoms. The Morgan fingerprint density at radius 1 is 1.56 bits per heavy atom. The number of anilines is 1. The third-order valence-corrected chi connectivity index (χ3v) is 4.10. The molecule has 1 aromatic carbocycles. The lowest BCUT2D eigenvalue weighted by atomic mass is 10.2. The molecule has 0 spiro atoms. The van der Waals surface area contributed by atoms with E-state index < -0.39 is 0 Å². The van der Waals surface area contributed by atoms with E-state index in [9.17, 15) is 0 Å². The van der Waals surface area contributed by atoms with Gasteiger partial charge in [0.05, 0.1) is 5.02 Å². The van der Waals surface area contributed by atoms with Crippen molar-refractivity contribution < 1.29 is 0 Å². The van der Waals surface area contributed by atoms with E-state index in [0.717, 1.165) is 27.4 Å². The second-order valence-electron chi connectivity index (χ2n) is 3.49. The van der Waals surface area contributed by atoms with Gasteiger partial charge < -0.3 is 11.1 Å². The Morgan fingerprint density at radius 3 is 2.88 bits per heavy atom. The normalized spacial score (nSPS) is 12.5. The number of thioether (sulfide) groups is 1. The zero-order valence-electron chi connectivity index (χ0n) is 9.17. The van der Waals surface area contributed by atoms with Gasteiger partial charge in [-0.2, -0.15) is 11.8 Å². The van der Waals surface area contributed by atoms with Crippen molar-refractivity contribution in [3.63, 3.8) is 0 Å². The van der Waals surface area contributed by atoms with Crippen molar-refractivity contribution in [1.29, 1.82) is 0 Å². The second-order valence-corrected chi connectivity index (χ2v) is 5.73. The topological polar surface area (TPSA) is 38.0 Å². The fourth-order valence-electron chi connectivity index (χ4n) is 1.33. The molecular weight excluding hydrogens is 308 g/mol.